The number of rotatable bonds is 5. The number of piperidine rings is 1. The van der Waals surface area contributed by atoms with Crippen LogP contribution in [0.1, 0.15) is 36.0 Å². The van der Waals surface area contributed by atoms with Crippen LogP contribution in [-0.2, 0) is 16.6 Å². The highest BCUT2D eigenvalue weighted by Crippen LogP contribution is 2.65. The summed E-state index contributed by atoms with van der Waals surface area (Å²) in [6.07, 6.45) is 6.41. The van der Waals surface area contributed by atoms with Crippen LogP contribution >= 0.6 is 0 Å². The number of likely N-dealkylation sites (N-methyl/N-ethyl adjacent to an activating group) is 1. The zero-order valence-corrected chi connectivity index (χ0v) is 20.7. The highest BCUT2D eigenvalue weighted by atomic mass is 19.2. The second-order valence-corrected chi connectivity index (χ2v) is 10.7. The van der Waals surface area contributed by atoms with Gasteiger partial charge in [-0.15, -0.1) is 6.58 Å². The minimum absolute atomic E-state index is 0.0443. The van der Waals surface area contributed by atoms with Crippen molar-refractivity contribution in [3.8, 4) is 11.5 Å². The van der Waals surface area contributed by atoms with E-state index in [0.29, 0.717) is 43.5 Å². The van der Waals surface area contributed by atoms with E-state index in [-0.39, 0.29) is 23.7 Å². The molecule has 2 N–H and O–H groups in total. The molecule has 1 spiro atoms. The lowest BCUT2D eigenvalue weighted by atomic mass is 9.48. The molecule has 2 fully saturated rings. The van der Waals surface area contributed by atoms with Crippen LogP contribution in [0.25, 0.3) is 6.08 Å². The van der Waals surface area contributed by atoms with Crippen molar-refractivity contribution in [3.63, 3.8) is 0 Å². The summed E-state index contributed by atoms with van der Waals surface area (Å²) < 4.78 is 33.3. The van der Waals surface area contributed by atoms with Gasteiger partial charge in [-0.25, -0.2) is 8.78 Å². The van der Waals surface area contributed by atoms with Crippen molar-refractivity contribution in [1.82, 2.24) is 9.80 Å². The first-order valence-corrected chi connectivity index (χ1v) is 12.7. The maximum absolute atomic E-state index is 13.6. The Morgan fingerprint density at radius 3 is 2.84 bits per heavy atom. The van der Waals surface area contributed by atoms with E-state index in [9.17, 15) is 23.8 Å². The van der Waals surface area contributed by atoms with E-state index in [0.717, 1.165) is 29.8 Å². The smallest absolute Gasteiger partial charge is 0.246 e. The van der Waals surface area contributed by atoms with Gasteiger partial charge in [0.1, 0.15) is 6.10 Å². The van der Waals surface area contributed by atoms with E-state index in [1.807, 2.05) is 12.1 Å². The fourth-order valence-corrected chi connectivity index (χ4v) is 7.45. The second-order valence-electron chi connectivity index (χ2n) is 10.7. The number of nitrogens with zero attached hydrogens (tertiary/aromatic N) is 2. The molecule has 5 atom stereocenters. The third-order valence-corrected chi connectivity index (χ3v) is 9.11. The molecule has 194 valence electrons. The van der Waals surface area contributed by atoms with Gasteiger partial charge >= 0.3 is 0 Å². The lowest BCUT2D eigenvalue weighted by Gasteiger charge is -2.64. The van der Waals surface area contributed by atoms with Crippen LogP contribution in [0, 0.1) is 11.6 Å². The Morgan fingerprint density at radius 1 is 1.27 bits per heavy atom. The second kappa shape index (κ2) is 8.39. The largest absolute Gasteiger partial charge is 0.504 e. The zero-order chi connectivity index (χ0) is 26.1. The van der Waals surface area contributed by atoms with Crippen molar-refractivity contribution in [3.05, 3.63) is 77.4 Å². The first-order chi connectivity index (χ1) is 17.7. The molecule has 0 unspecified atom stereocenters. The molecule has 8 heteroatoms. The number of ether oxygens (including phenoxy) is 1. The van der Waals surface area contributed by atoms with E-state index < -0.39 is 28.8 Å². The SMILES string of the molecule is C=CCN1CC[C@]23c4c5ccc(O)c4O[C@H]2[C@H](N(C)C(=O)C=Cc2ccc(F)c(F)c2)CC[C@@]3(O)[C@H]1C5. The number of carbonyl (C=O) groups excluding carboxylic acids is 1. The third-order valence-electron chi connectivity index (χ3n) is 9.11. The number of phenols is 1. The normalized spacial score (nSPS) is 31.6. The van der Waals surface area contributed by atoms with Gasteiger partial charge < -0.3 is 19.8 Å². The summed E-state index contributed by atoms with van der Waals surface area (Å²) in [6, 6.07) is 6.57. The topological polar surface area (TPSA) is 73.2 Å². The monoisotopic (exact) mass is 508 g/mol. The van der Waals surface area contributed by atoms with E-state index in [4.69, 9.17) is 4.74 Å². The molecule has 0 aromatic heterocycles. The van der Waals surface area contributed by atoms with Gasteiger partial charge in [-0.1, -0.05) is 18.2 Å². The van der Waals surface area contributed by atoms with E-state index in [1.165, 1.54) is 18.2 Å². The Kier molecular flexibility index (Phi) is 5.47. The first kappa shape index (κ1) is 24.1. The molecule has 1 amide bonds. The van der Waals surface area contributed by atoms with E-state index in [1.54, 1.807) is 18.0 Å². The molecule has 2 aliphatic carbocycles. The number of halogens is 2. The van der Waals surface area contributed by atoms with Crippen molar-refractivity contribution in [2.75, 3.05) is 20.1 Å². The Balaban J connectivity index is 1.36. The van der Waals surface area contributed by atoms with Crippen LogP contribution < -0.4 is 4.74 Å². The van der Waals surface area contributed by atoms with Crippen LogP contribution in [0.4, 0.5) is 8.78 Å². The van der Waals surface area contributed by atoms with Gasteiger partial charge in [0.2, 0.25) is 5.91 Å². The Bertz CT molecular complexity index is 1330. The van der Waals surface area contributed by atoms with Crippen molar-refractivity contribution in [2.45, 2.75) is 54.9 Å². The van der Waals surface area contributed by atoms with Crippen molar-refractivity contribution in [2.24, 2.45) is 0 Å². The fourth-order valence-electron chi connectivity index (χ4n) is 7.45. The zero-order valence-electron chi connectivity index (χ0n) is 20.7. The molecule has 6 nitrogen and oxygen atoms in total. The molecule has 2 aromatic carbocycles. The summed E-state index contributed by atoms with van der Waals surface area (Å²) in [6.45, 7) is 5.31. The summed E-state index contributed by atoms with van der Waals surface area (Å²) >= 11 is 0. The van der Waals surface area contributed by atoms with E-state index >= 15 is 0 Å². The molecule has 1 saturated carbocycles. The molecule has 4 aliphatic rings. The third kappa shape index (κ3) is 3.25. The molecule has 6 rings (SSSR count). The molecule has 2 aliphatic heterocycles. The minimum atomic E-state index is -1.08. The van der Waals surface area contributed by atoms with Crippen molar-refractivity contribution in [1.29, 1.82) is 0 Å². The molecule has 2 heterocycles. The predicted molar refractivity (Wildman–Crippen MR) is 134 cm³/mol. The summed E-state index contributed by atoms with van der Waals surface area (Å²) in [5.41, 5.74) is 0.496. The molecular weight excluding hydrogens is 478 g/mol. The molecule has 2 bridgehead atoms. The lowest BCUT2D eigenvalue weighted by molar-refractivity contribution is -0.198. The maximum atomic E-state index is 13.6. The number of hydrogen-bond acceptors (Lipinski definition) is 5. The number of phenolic OH excluding ortho intramolecular Hbond substituents is 1. The average molecular weight is 509 g/mol. The first-order valence-electron chi connectivity index (χ1n) is 12.7. The van der Waals surface area contributed by atoms with Crippen LogP contribution in [0.5, 0.6) is 11.5 Å². The molecular formula is C29H30F2N2O4. The van der Waals surface area contributed by atoms with Gasteiger partial charge in [0.05, 0.1) is 17.1 Å². The van der Waals surface area contributed by atoms with Gasteiger partial charge in [0.15, 0.2) is 23.1 Å². The van der Waals surface area contributed by atoms with Crippen molar-refractivity contribution >= 4 is 12.0 Å². The number of aliphatic hydroxyl groups is 1. The summed E-state index contributed by atoms with van der Waals surface area (Å²) in [4.78, 5) is 17.1. The van der Waals surface area contributed by atoms with Gasteiger partial charge in [0, 0.05) is 31.3 Å². The van der Waals surface area contributed by atoms with Gasteiger partial charge in [0.25, 0.3) is 0 Å². The number of carbonyl (C=O) groups is 1. The molecule has 37 heavy (non-hydrogen) atoms. The van der Waals surface area contributed by atoms with E-state index in [2.05, 4.69) is 11.5 Å². The van der Waals surface area contributed by atoms with Crippen LogP contribution in [-0.4, -0.2) is 69.8 Å². The standard InChI is InChI=1S/C29H30F2N2O4/c1-3-13-33-14-12-28-25-18-6-8-22(34)26(25)37-27(28)21(10-11-29(28,36)23(33)16-18)32(2)24(35)9-5-17-4-7-19(30)20(31)15-17/h3-9,15,21,23,27,34,36H,1,10-14,16H2,2H3/t21-,23-,27+,28+,29-/m1/s1. The summed E-state index contributed by atoms with van der Waals surface area (Å²) in [5.74, 6) is -1.77. The number of benzene rings is 2. The van der Waals surface area contributed by atoms with Gasteiger partial charge in [-0.05, 0) is 67.6 Å². The predicted octanol–water partition coefficient (Wildman–Crippen LogP) is 3.55. The maximum Gasteiger partial charge on any atom is 0.246 e. The highest BCUT2D eigenvalue weighted by molar-refractivity contribution is 5.92. The highest BCUT2D eigenvalue weighted by Gasteiger charge is 2.73. The van der Waals surface area contributed by atoms with Crippen molar-refractivity contribution < 1.29 is 28.5 Å². The summed E-state index contributed by atoms with van der Waals surface area (Å²) in [5, 5.41) is 23.2. The minimum Gasteiger partial charge on any atom is -0.504 e. The number of aromatic hydroxyl groups is 1. The molecule has 1 saturated heterocycles. The van der Waals surface area contributed by atoms with Crippen LogP contribution in [0.2, 0.25) is 0 Å². The Morgan fingerprint density at radius 2 is 2.08 bits per heavy atom. The lowest BCUT2D eigenvalue weighted by Crippen LogP contribution is -2.78. The number of hydrogen-bond donors (Lipinski definition) is 2. The Labute approximate surface area is 214 Å². The summed E-state index contributed by atoms with van der Waals surface area (Å²) in [7, 11) is 1.70. The fraction of sp³-hybridized carbons (Fsp3) is 0.414. The van der Waals surface area contributed by atoms with Crippen LogP contribution in [0.15, 0.2) is 49.1 Å². The van der Waals surface area contributed by atoms with Gasteiger partial charge in [-0.3, -0.25) is 9.69 Å². The Hall–Kier alpha value is -3.23. The van der Waals surface area contributed by atoms with Gasteiger partial charge in [-0.2, -0.15) is 0 Å². The van der Waals surface area contributed by atoms with Crippen LogP contribution in [0.3, 0.4) is 0 Å². The molecule has 2 aromatic rings. The average Bonchev–Trinajstić information content (AvgIpc) is 3.23. The quantitative estimate of drug-likeness (QED) is 0.478. The number of amides is 1. The molecule has 0 radical (unpaired) electrons. The number of likely N-dealkylation sites (tertiary alicyclic amines) is 1.